The summed E-state index contributed by atoms with van der Waals surface area (Å²) >= 11 is 0. The van der Waals surface area contributed by atoms with E-state index in [0.717, 1.165) is 27.7 Å². The molecular formula is C18H14N2. The van der Waals surface area contributed by atoms with Gasteiger partial charge in [-0.25, -0.2) is 4.98 Å². The van der Waals surface area contributed by atoms with Gasteiger partial charge in [0.25, 0.3) is 0 Å². The Morgan fingerprint density at radius 1 is 1.05 bits per heavy atom. The van der Waals surface area contributed by atoms with E-state index in [2.05, 4.69) is 37.3 Å². The van der Waals surface area contributed by atoms with E-state index >= 15 is 0 Å². The molecule has 0 amide bonds. The van der Waals surface area contributed by atoms with Crippen LogP contribution in [0.25, 0.3) is 22.2 Å². The molecule has 2 heteroatoms. The molecule has 0 saturated heterocycles. The summed E-state index contributed by atoms with van der Waals surface area (Å²) in [5.41, 5.74) is 5.26. The summed E-state index contributed by atoms with van der Waals surface area (Å²) in [6.45, 7) is 2.10. The first kappa shape index (κ1) is 12.4. The number of rotatable bonds is 2. The number of fused-ring (bicyclic) bond motifs is 1. The maximum absolute atomic E-state index is 8.81. The van der Waals surface area contributed by atoms with Gasteiger partial charge in [-0.3, -0.25) is 0 Å². The van der Waals surface area contributed by atoms with Crippen LogP contribution >= 0.6 is 0 Å². The maximum Gasteiger partial charge on any atom is 0.0715 e. The fourth-order valence-electron chi connectivity index (χ4n) is 2.41. The fourth-order valence-corrected chi connectivity index (χ4v) is 2.41. The van der Waals surface area contributed by atoms with Gasteiger partial charge in [0, 0.05) is 10.9 Å². The van der Waals surface area contributed by atoms with Crippen LogP contribution in [0.4, 0.5) is 0 Å². The van der Waals surface area contributed by atoms with Crippen molar-refractivity contribution in [3.05, 3.63) is 65.7 Å². The minimum absolute atomic E-state index is 0.423. The summed E-state index contributed by atoms with van der Waals surface area (Å²) in [7, 11) is 0. The van der Waals surface area contributed by atoms with Crippen LogP contribution in [-0.2, 0) is 6.42 Å². The quantitative estimate of drug-likeness (QED) is 0.688. The monoisotopic (exact) mass is 258 g/mol. The zero-order valence-corrected chi connectivity index (χ0v) is 11.3. The van der Waals surface area contributed by atoms with Crippen molar-refractivity contribution in [3.63, 3.8) is 0 Å². The van der Waals surface area contributed by atoms with Crippen molar-refractivity contribution in [3.8, 4) is 17.3 Å². The van der Waals surface area contributed by atoms with Crippen LogP contribution in [-0.4, -0.2) is 4.98 Å². The number of nitrogens with zero attached hydrogens (tertiary/aromatic N) is 2. The molecule has 96 valence electrons. The minimum atomic E-state index is 0.423. The van der Waals surface area contributed by atoms with Crippen molar-refractivity contribution in [2.75, 3.05) is 0 Å². The van der Waals surface area contributed by atoms with Crippen molar-refractivity contribution >= 4 is 10.9 Å². The second-order valence-electron chi connectivity index (χ2n) is 4.88. The van der Waals surface area contributed by atoms with Crippen LogP contribution in [0.3, 0.4) is 0 Å². The molecule has 1 aromatic heterocycles. The first-order valence-corrected chi connectivity index (χ1v) is 6.60. The number of aryl methyl sites for hydroxylation is 1. The topological polar surface area (TPSA) is 36.7 Å². The predicted molar refractivity (Wildman–Crippen MR) is 81.2 cm³/mol. The number of pyridine rings is 1. The molecule has 1 heterocycles. The van der Waals surface area contributed by atoms with E-state index in [0.29, 0.717) is 6.42 Å². The van der Waals surface area contributed by atoms with Gasteiger partial charge >= 0.3 is 0 Å². The molecule has 3 rings (SSSR count). The fraction of sp³-hybridized carbons (Fsp3) is 0.111. The van der Waals surface area contributed by atoms with Gasteiger partial charge in [-0.1, -0.05) is 42.5 Å². The van der Waals surface area contributed by atoms with E-state index < -0.39 is 0 Å². The molecule has 0 radical (unpaired) electrons. The summed E-state index contributed by atoms with van der Waals surface area (Å²) in [4.78, 5) is 4.74. The summed E-state index contributed by atoms with van der Waals surface area (Å²) in [5, 5.41) is 9.95. The molecule has 0 atom stereocenters. The van der Waals surface area contributed by atoms with Gasteiger partial charge < -0.3 is 0 Å². The van der Waals surface area contributed by atoms with Gasteiger partial charge in [0.2, 0.25) is 0 Å². The molecule has 2 nitrogen and oxygen atoms in total. The van der Waals surface area contributed by atoms with Gasteiger partial charge in [0.05, 0.1) is 23.7 Å². The Labute approximate surface area is 118 Å². The third-order valence-electron chi connectivity index (χ3n) is 3.43. The van der Waals surface area contributed by atoms with Gasteiger partial charge in [-0.05, 0) is 30.2 Å². The van der Waals surface area contributed by atoms with E-state index in [9.17, 15) is 0 Å². The molecule has 0 bridgehead atoms. The Morgan fingerprint density at radius 2 is 1.85 bits per heavy atom. The Morgan fingerprint density at radius 3 is 2.60 bits per heavy atom. The molecular weight excluding hydrogens is 244 g/mol. The molecule has 0 aliphatic carbocycles. The van der Waals surface area contributed by atoms with Crippen LogP contribution in [0.1, 0.15) is 11.1 Å². The van der Waals surface area contributed by atoms with Gasteiger partial charge in [-0.15, -0.1) is 0 Å². The van der Waals surface area contributed by atoms with Crippen LogP contribution in [0, 0.1) is 18.3 Å². The lowest BCUT2D eigenvalue weighted by molar-refractivity contribution is 1.26. The van der Waals surface area contributed by atoms with E-state index in [1.807, 2.05) is 30.3 Å². The molecule has 0 aliphatic rings. The first-order chi connectivity index (χ1) is 9.78. The number of benzene rings is 2. The highest BCUT2D eigenvalue weighted by molar-refractivity contribution is 5.85. The standard InChI is InChI=1S/C18H14N2/c1-13-11-17(15-5-3-2-4-6-15)20-18-12-14(9-10-19)7-8-16(13)18/h2-8,11-12H,9H2,1H3. The lowest BCUT2D eigenvalue weighted by Gasteiger charge is -2.07. The average Bonchev–Trinajstić information content (AvgIpc) is 2.48. The summed E-state index contributed by atoms with van der Waals surface area (Å²) in [6.07, 6.45) is 0.423. The molecule has 0 aliphatic heterocycles. The lowest BCUT2D eigenvalue weighted by atomic mass is 10.0. The largest absolute Gasteiger partial charge is 0.248 e. The van der Waals surface area contributed by atoms with Crippen LogP contribution in [0.2, 0.25) is 0 Å². The third kappa shape index (κ3) is 2.26. The zero-order chi connectivity index (χ0) is 13.9. The summed E-state index contributed by atoms with van der Waals surface area (Å²) in [6, 6.07) is 20.5. The Kier molecular flexibility index (Phi) is 3.18. The van der Waals surface area contributed by atoms with Crippen LogP contribution < -0.4 is 0 Å². The SMILES string of the molecule is Cc1cc(-c2ccccc2)nc2cc(CC#N)ccc12. The van der Waals surface area contributed by atoms with Crippen LogP contribution in [0.5, 0.6) is 0 Å². The molecule has 0 N–H and O–H groups in total. The Balaban J connectivity index is 2.19. The number of nitriles is 1. The molecule has 2 aromatic carbocycles. The molecule has 0 fully saturated rings. The highest BCUT2D eigenvalue weighted by Gasteiger charge is 2.05. The minimum Gasteiger partial charge on any atom is -0.248 e. The molecule has 0 spiro atoms. The summed E-state index contributed by atoms with van der Waals surface area (Å²) < 4.78 is 0. The van der Waals surface area contributed by atoms with E-state index in [-0.39, 0.29) is 0 Å². The average molecular weight is 258 g/mol. The smallest absolute Gasteiger partial charge is 0.0715 e. The van der Waals surface area contributed by atoms with E-state index in [1.54, 1.807) is 0 Å². The van der Waals surface area contributed by atoms with Crippen molar-refractivity contribution < 1.29 is 0 Å². The van der Waals surface area contributed by atoms with E-state index in [4.69, 9.17) is 10.2 Å². The second-order valence-corrected chi connectivity index (χ2v) is 4.88. The van der Waals surface area contributed by atoms with Gasteiger partial charge in [-0.2, -0.15) is 5.26 Å². The summed E-state index contributed by atoms with van der Waals surface area (Å²) in [5.74, 6) is 0. The molecule has 3 aromatic rings. The van der Waals surface area contributed by atoms with Crippen LogP contribution in [0.15, 0.2) is 54.6 Å². The maximum atomic E-state index is 8.81. The predicted octanol–water partition coefficient (Wildman–Crippen LogP) is 4.28. The van der Waals surface area contributed by atoms with E-state index in [1.165, 1.54) is 5.56 Å². The highest BCUT2D eigenvalue weighted by Crippen LogP contribution is 2.25. The molecule has 0 saturated carbocycles. The zero-order valence-electron chi connectivity index (χ0n) is 11.3. The van der Waals surface area contributed by atoms with Crippen molar-refractivity contribution in [1.82, 2.24) is 4.98 Å². The molecule has 20 heavy (non-hydrogen) atoms. The second kappa shape index (κ2) is 5.14. The Hall–Kier alpha value is -2.66. The lowest BCUT2D eigenvalue weighted by Crippen LogP contribution is -1.90. The van der Waals surface area contributed by atoms with Crippen molar-refractivity contribution in [2.24, 2.45) is 0 Å². The first-order valence-electron chi connectivity index (χ1n) is 6.60. The highest BCUT2D eigenvalue weighted by atomic mass is 14.7. The number of hydrogen-bond donors (Lipinski definition) is 0. The van der Waals surface area contributed by atoms with Gasteiger partial charge in [0.15, 0.2) is 0 Å². The third-order valence-corrected chi connectivity index (χ3v) is 3.43. The molecule has 0 unspecified atom stereocenters. The number of aromatic nitrogens is 1. The normalized spacial score (nSPS) is 10.4. The van der Waals surface area contributed by atoms with Crippen molar-refractivity contribution in [1.29, 1.82) is 5.26 Å². The Bertz CT molecular complexity index is 799. The number of hydrogen-bond acceptors (Lipinski definition) is 2. The van der Waals surface area contributed by atoms with Gasteiger partial charge in [0.1, 0.15) is 0 Å². The van der Waals surface area contributed by atoms with Crippen molar-refractivity contribution in [2.45, 2.75) is 13.3 Å².